The minimum Gasteiger partial charge on any atom is -0.494 e. The summed E-state index contributed by atoms with van der Waals surface area (Å²) in [7, 11) is 2.11. The molecule has 4 aromatic rings. The van der Waals surface area contributed by atoms with Crippen LogP contribution in [0.4, 0.5) is 17.1 Å². The number of likely N-dealkylation sites (tertiary alicyclic amines) is 1. The normalized spacial score (nSPS) is 15.3. The molecule has 2 fully saturated rings. The van der Waals surface area contributed by atoms with Crippen LogP contribution in [0.25, 0.3) is 10.9 Å². The first-order chi connectivity index (χ1) is 23.9. The molecule has 3 N–H and O–H groups in total. The van der Waals surface area contributed by atoms with Crippen LogP contribution in [-0.4, -0.2) is 61.7 Å². The minimum atomic E-state index is -0.212. The van der Waals surface area contributed by atoms with E-state index in [1.807, 2.05) is 49.4 Å². The molecular weight excluding hydrogens is 640 g/mol. The molecule has 254 valence electrons. The zero-order chi connectivity index (χ0) is 34.2. The molecule has 0 radical (unpaired) electrons. The first-order valence-electron chi connectivity index (χ1n) is 16.7. The Morgan fingerprint density at radius 1 is 1.08 bits per heavy atom. The first-order valence-corrected chi connectivity index (χ1v) is 17.1. The Morgan fingerprint density at radius 3 is 2.57 bits per heavy atom. The molecule has 0 spiro atoms. The average molecular weight is 681 g/mol. The fourth-order valence-electron chi connectivity index (χ4n) is 6.01. The average Bonchev–Trinajstić information content (AvgIpc) is 3.10. The molecule has 11 heteroatoms. The number of rotatable bonds is 11. The van der Waals surface area contributed by atoms with Gasteiger partial charge in [0.15, 0.2) is 0 Å². The number of nitriles is 1. The van der Waals surface area contributed by atoms with Crippen LogP contribution >= 0.6 is 11.6 Å². The minimum absolute atomic E-state index is 0.0142. The lowest BCUT2D eigenvalue weighted by atomic mass is 10.0. The number of piperidine rings is 2. The van der Waals surface area contributed by atoms with Crippen molar-refractivity contribution in [3.05, 3.63) is 88.6 Å². The summed E-state index contributed by atoms with van der Waals surface area (Å²) in [5, 5.41) is 20.9. The van der Waals surface area contributed by atoms with E-state index in [9.17, 15) is 10.1 Å². The first kappa shape index (κ1) is 34.1. The van der Waals surface area contributed by atoms with Crippen LogP contribution in [0.1, 0.15) is 43.7 Å². The van der Waals surface area contributed by atoms with Gasteiger partial charge >= 0.3 is 0 Å². The van der Waals surface area contributed by atoms with Crippen LogP contribution in [0.15, 0.2) is 72.4 Å². The van der Waals surface area contributed by atoms with E-state index in [-0.39, 0.29) is 12.0 Å². The number of pyridine rings is 1. The number of benzene rings is 3. The molecule has 2 aliphatic heterocycles. The van der Waals surface area contributed by atoms with E-state index in [0.29, 0.717) is 63.3 Å². The number of carbonyl (C=O) groups excluding carboxylic acids is 1. The van der Waals surface area contributed by atoms with Crippen LogP contribution < -0.4 is 30.2 Å². The molecule has 0 unspecified atom stereocenters. The van der Waals surface area contributed by atoms with Gasteiger partial charge in [-0.2, -0.15) is 5.26 Å². The van der Waals surface area contributed by atoms with Crippen molar-refractivity contribution in [1.82, 2.24) is 15.2 Å². The highest BCUT2D eigenvalue weighted by Crippen LogP contribution is 2.38. The Hall–Kier alpha value is -4.82. The molecule has 1 amide bonds. The third-order valence-corrected chi connectivity index (χ3v) is 9.01. The van der Waals surface area contributed by atoms with E-state index in [1.54, 1.807) is 24.4 Å². The van der Waals surface area contributed by atoms with Gasteiger partial charge in [0.2, 0.25) is 5.91 Å². The number of amides is 1. The summed E-state index contributed by atoms with van der Waals surface area (Å²) in [4.78, 5) is 20.2. The van der Waals surface area contributed by atoms with E-state index in [1.165, 1.54) is 0 Å². The van der Waals surface area contributed by atoms with Crippen molar-refractivity contribution < 1.29 is 19.0 Å². The van der Waals surface area contributed by atoms with Crippen LogP contribution in [0.3, 0.4) is 0 Å². The Morgan fingerprint density at radius 2 is 1.86 bits per heavy atom. The molecule has 10 nitrogen and oxygen atoms in total. The Balaban J connectivity index is 1.27. The van der Waals surface area contributed by atoms with Crippen molar-refractivity contribution in [3.8, 4) is 23.3 Å². The smallest absolute Gasteiger partial charge is 0.248 e. The number of nitrogens with zero attached hydrogens (tertiary/aromatic N) is 3. The molecule has 49 heavy (non-hydrogen) atoms. The molecule has 0 saturated carbocycles. The largest absolute Gasteiger partial charge is 0.494 e. The van der Waals surface area contributed by atoms with Gasteiger partial charge in [-0.1, -0.05) is 29.3 Å². The van der Waals surface area contributed by atoms with Crippen LogP contribution in [0.5, 0.6) is 17.2 Å². The molecule has 3 heterocycles. The summed E-state index contributed by atoms with van der Waals surface area (Å²) in [6.45, 7) is 6.49. The summed E-state index contributed by atoms with van der Waals surface area (Å²) >= 11 is 6.67. The zero-order valence-electron chi connectivity index (χ0n) is 27.9. The highest BCUT2D eigenvalue weighted by Gasteiger charge is 2.22. The number of hydrogen-bond donors (Lipinski definition) is 3. The van der Waals surface area contributed by atoms with Gasteiger partial charge in [0.05, 0.1) is 34.1 Å². The number of ether oxygens (including phenoxy) is 3. The van der Waals surface area contributed by atoms with Gasteiger partial charge in [-0.05, 0) is 94.7 Å². The molecule has 2 aliphatic rings. The molecule has 3 aromatic carbocycles. The molecular formula is C38H41ClN6O4. The Labute approximate surface area is 292 Å². The number of carbonyl (C=O) groups is 1. The van der Waals surface area contributed by atoms with Gasteiger partial charge in [-0.25, -0.2) is 0 Å². The maximum atomic E-state index is 13.3. The van der Waals surface area contributed by atoms with Gasteiger partial charge in [-0.15, -0.1) is 0 Å². The lowest BCUT2D eigenvalue weighted by Crippen LogP contribution is -2.35. The van der Waals surface area contributed by atoms with Crippen LogP contribution in [-0.2, 0) is 11.4 Å². The fraction of sp³-hybridized carbons (Fsp3) is 0.342. The van der Waals surface area contributed by atoms with Crippen molar-refractivity contribution in [2.45, 2.75) is 45.3 Å². The molecule has 1 aromatic heterocycles. The lowest BCUT2D eigenvalue weighted by molar-refractivity contribution is -0.112. The monoisotopic (exact) mass is 680 g/mol. The van der Waals surface area contributed by atoms with Crippen LogP contribution in [0, 0.1) is 11.3 Å². The van der Waals surface area contributed by atoms with Gasteiger partial charge in [0.1, 0.15) is 36.0 Å². The Bertz CT molecular complexity index is 1860. The van der Waals surface area contributed by atoms with E-state index >= 15 is 0 Å². The third-order valence-electron chi connectivity index (χ3n) is 8.72. The maximum absolute atomic E-state index is 13.3. The quantitative estimate of drug-likeness (QED) is 0.141. The predicted octanol–water partition coefficient (Wildman–Crippen LogP) is 7.20. The zero-order valence-corrected chi connectivity index (χ0v) is 28.6. The summed E-state index contributed by atoms with van der Waals surface area (Å²) in [5.74, 6) is 1.69. The molecule has 0 aliphatic carbocycles. The van der Waals surface area contributed by atoms with Crippen molar-refractivity contribution in [1.29, 1.82) is 5.26 Å². The van der Waals surface area contributed by atoms with Gasteiger partial charge in [0.25, 0.3) is 0 Å². The molecule has 6 rings (SSSR count). The number of anilines is 3. The molecule has 0 bridgehead atoms. The fourth-order valence-corrected chi connectivity index (χ4v) is 6.25. The standard InChI is InChI=1S/C38H41ClN6O4/c1-3-47-29-7-4-26(5-8-29)24-48-35-9-6-28(19-32(35)39)43-38-27(22-40)23-42-33-21-36(49-30-12-16-45(2)17-13-30)34(20-31(33)38)44-37(46)18-25-10-14-41-15-11-25/h4-9,18-21,23,30,41H,3,10-17,24H2,1-2H3,(H,42,43)(H,44,46). The number of fused-ring (bicyclic) bond motifs is 1. The van der Waals surface area contributed by atoms with Crippen molar-refractivity contribution in [3.63, 3.8) is 0 Å². The SMILES string of the molecule is CCOc1ccc(COc2ccc(Nc3c(C#N)cnc4cc(OC5CCN(C)CC5)c(NC(=O)C=C5CCNCC5)cc34)cc2Cl)cc1. The summed E-state index contributed by atoms with van der Waals surface area (Å²) in [5.41, 5.74) is 4.79. The predicted molar refractivity (Wildman–Crippen MR) is 193 cm³/mol. The van der Waals surface area contributed by atoms with E-state index in [2.05, 4.69) is 39.0 Å². The second kappa shape index (κ2) is 16.1. The number of aromatic nitrogens is 1. The summed E-state index contributed by atoms with van der Waals surface area (Å²) in [6, 6.07) is 19.1. The summed E-state index contributed by atoms with van der Waals surface area (Å²) in [6.07, 6.45) is 6.68. The number of hydrogen-bond acceptors (Lipinski definition) is 9. The highest BCUT2D eigenvalue weighted by atomic mass is 35.5. The maximum Gasteiger partial charge on any atom is 0.248 e. The van der Waals surface area contributed by atoms with Crippen molar-refractivity contribution in [2.75, 3.05) is 50.5 Å². The van der Waals surface area contributed by atoms with E-state index in [4.69, 9.17) is 25.8 Å². The second-order valence-corrected chi connectivity index (χ2v) is 12.7. The van der Waals surface area contributed by atoms with Gasteiger partial charge in [-0.3, -0.25) is 9.78 Å². The number of nitrogens with one attached hydrogen (secondary N) is 3. The van der Waals surface area contributed by atoms with Gasteiger partial charge < -0.3 is 35.1 Å². The van der Waals surface area contributed by atoms with Crippen molar-refractivity contribution in [2.24, 2.45) is 0 Å². The second-order valence-electron chi connectivity index (χ2n) is 12.3. The summed E-state index contributed by atoms with van der Waals surface area (Å²) < 4.78 is 18.0. The molecule has 2 saturated heterocycles. The van der Waals surface area contributed by atoms with Crippen LogP contribution in [0.2, 0.25) is 5.02 Å². The molecule has 0 atom stereocenters. The highest BCUT2D eigenvalue weighted by molar-refractivity contribution is 6.32. The lowest BCUT2D eigenvalue weighted by Gasteiger charge is -2.30. The Kier molecular flexibility index (Phi) is 11.2. The third kappa shape index (κ3) is 8.81. The number of halogens is 1. The topological polar surface area (TPSA) is 121 Å². The van der Waals surface area contributed by atoms with E-state index < -0.39 is 0 Å². The van der Waals surface area contributed by atoms with Gasteiger partial charge in [0, 0.05) is 42.5 Å². The van der Waals surface area contributed by atoms with E-state index in [0.717, 1.165) is 68.7 Å². The van der Waals surface area contributed by atoms with Crippen molar-refractivity contribution >= 4 is 45.5 Å².